The maximum Gasteiger partial charge on any atom is 0.337 e. The summed E-state index contributed by atoms with van der Waals surface area (Å²) >= 11 is 23.4. The highest BCUT2D eigenvalue weighted by molar-refractivity contribution is 7.93. The maximum absolute atomic E-state index is 13.3. The minimum atomic E-state index is -4.33. The second kappa shape index (κ2) is 12.6. The monoisotopic (exact) mass is 716 g/mol. The van der Waals surface area contributed by atoms with E-state index in [2.05, 4.69) is 9.44 Å². The van der Waals surface area contributed by atoms with Crippen LogP contribution in [0.4, 0.5) is 11.4 Å². The van der Waals surface area contributed by atoms with E-state index in [4.69, 9.17) is 46.4 Å². The zero-order chi connectivity index (χ0) is 32.6. The number of rotatable bonds is 10. The van der Waals surface area contributed by atoms with Gasteiger partial charge in [0.15, 0.2) is 5.78 Å². The Bertz CT molecular complexity index is 1940. The number of hydrogen-bond acceptors (Lipinski definition) is 7. The average molecular weight is 718 g/mol. The third-order valence-corrected chi connectivity index (χ3v) is 10.1. The summed E-state index contributed by atoms with van der Waals surface area (Å²) in [5, 5.41) is 19.6. The zero-order valence-electron chi connectivity index (χ0n) is 21.5. The van der Waals surface area contributed by atoms with Crippen LogP contribution < -0.4 is 9.44 Å². The van der Waals surface area contributed by atoms with Gasteiger partial charge in [0, 0.05) is 11.1 Å². The van der Waals surface area contributed by atoms with Gasteiger partial charge in [0.05, 0.1) is 52.4 Å². The van der Waals surface area contributed by atoms with E-state index in [0.717, 1.165) is 60.7 Å². The van der Waals surface area contributed by atoms with Gasteiger partial charge in [0.25, 0.3) is 20.0 Å². The van der Waals surface area contributed by atoms with Crippen molar-refractivity contribution < 1.29 is 41.4 Å². The number of carbonyl (C=O) groups excluding carboxylic acids is 1. The highest BCUT2D eigenvalue weighted by Gasteiger charge is 2.24. The van der Waals surface area contributed by atoms with Crippen LogP contribution in [0.15, 0.2) is 82.6 Å². The SMILES string of the molecule is O=C(c1ccc(NS(=O)(=O)c2ccc(Cl)c(Cl)c2)c(C(=O)O)c1)c1ccc(NS(=O)(=O)c2ccc(Cl)c(Cl)c2)c(C(=O)O)c1. The molecule has 4 aromatic carbocycles. The van der Waals surface area contributed by atoms with E-state index >= 15 is 0 Å². The number of nitrogens with one attached hydrogen (secondary N) is 2. The summed E-state index contributed by atoms with van der Waals surface area (Å²) in [5.41, 5.74) is -2.41. The van der Waals surface area contributed by atoms with Crippen molar-refractivity contribution >= 4 is 95.5 Å². The molecule has 44 heavy (non-hydrogen) atoms. The van der Waals surface area contributed by atoms with Crippen molar-refractivity contribution in [2.45, 2.75) is 9.79 Å². The molecule has 0 bridgehead atoms. The summed E-state index contributed by atoms with van der Waals surface area (Å²) in [4.78, 5) is 36.6. The summed E-state index contributed by atoms with van der Waals surface area (Å²) in [6.45, 7) is 0. The molecule has 0 aliphatic rings. The predicted octanol–water partition coefficient (Wildman–Crippen LogP) is 6.53. The second-order valence-corrected chi connectivity index (χ2v) is 13.8. The first-order chi connectivity index (χ1) is 20.5. The van der Waals surface area contributed by atoms with Crippen molar-refractivity contribution in [1.29, 1.82) is 0 Å². The van der Waals surface area contributed by atoms with E-state index in [1.165, 1.54) is 12.1 Å². The minimum absolute atomic E-state index is 0.0529. The molecule has 0 heterocycles. The van der Waals surface area contributed by atoms with Gasteiger partial charge < -0.3 is 10.2 Å². The lowest BCUT2D eigenvalue weighted by Crippen LogP contribution is -2.17. The van der Waals surface area contributed by atoms with Gasteiger partial charge in [-0.1, -0.05) is 46.4 Å². The van der Waals surface area contributed by atoms with Crippen LogP contribution in [-0.2, 0) is 20.0 Å². The molecule has 4 aromatic rings. The van der Waals surface area contributed by atoms with E-state index < -0.39 is 48.9 Å². The van der Waals surface area contributed by atoms with Crippen LogP contribution in [0.2, 0.25) is 20.1 Å². The summed E-state index contributed by atoms with van der Waals surface area (Å²) in [6.07, 6.45) is 0. The first kappa shape index (κ1) is 33.1. The molecule has 11 nitrogen and oxygen atoms in total. The molecule has 4 rings (SSSR count). The summed E-state index contributed by atoms with van der Waals surface area (Å²) in [6, 6.07) is 13.1. The standard InChI is InChI=1S/C27H16Cl4N2O9S2/c28-19-5-3-15(11-21(19)30)43(39,40)32-23-7-1-13(9-17(23)26(35)36)25(34)14-2-8-24(18(10-14)27(37)38)33-44(41,42)16-4-6-20(29)22(31)12-16/h1-12,32-33H,(H,35,36)(H,37,38). The number of hydrogen-bond donors (Lipinski definition) is 4. The second-order valence-electron chi connectivity index (χ2n) is 8.82. The number of anilines is 2. The van der Waals surface area contributed by atoms with Crippen LogP contribution in [0.3, 0.4) is 0 Å². The molecule has 0 atom stereocenters. The molecule has 17 heteroatoms. The molecule has 0 unspecified atom stereocenters. The number of benzene rings is 4. The number of ketones is 1. The molecular formula is C27H16Cl4N2O9S2. The number of halogens is 4. The Balaban J connectivity index is 1.66. The number of sulfonamides is 2. The lowest BCUT2D eigenvalue weighted by atomic mass is 9.98. The summed E-state index contributed by atoms with van der Waals surface area (Å²) in [5.74, 6) is -4.00. The molecule has 0 amide bonds. The molecular weight excluding hydrogens is 702 g/mol. The van der Waals surface area contributed by atoms with E-state index in [9.17, 15) is 41.4 Å². The van der Waals surface area contributed by atoms with Gasteiger partial charge in [-0.2, -0.15) is 0 Å². The van der Waals surface area contributed by atoms with Crippen molar-refractivity contribution in [1.82, 2.24) is 0 Å². The number of carboxylic acid groups (broad SMARTS) is 2. The van der Waals surface area contributed by atoms with E-state index in [-0.39, 0.29) is 52.4 Å². The Labute approximate surface area is 270 Å². The Morgan fingerprint density at radius 1 is 0.523 bits per heavy atom. The summed E-state index contributed by atoms with van der Waals surface area (Å²) in [7, 11) is -8.66. The third-order valence-electron chi connectivity index (χ3n) is 5.92. The molecule has 0 saturated carbocycles. The van der Waals surface area contributed by atoms with E-state index in [1.807, 2.05) is 0 Å². The Hall–Kier alpha value is -3.85. The van der Waals surface area contributed by atoms with Crippen LogP contribution in [0.5, 0.6) is 0 Å². The van der Waals surface area contributed by atoms with Gasteiger partial charge in [-0.15, -0.1) is 0 Å². The van der Waals surface area contributed by atoms with Gasteiger partial charge in [-0.25, -0.2) is 26.4 Å². The largest absolute Gasteiger partial charge is 0.478 e. The van der Waals surface area contributed by atoms with Crippen LogP contribution in [-0.4, -0.2) is 44.8 Å². The molecule has 0 spiro atoms. The normalized spacial score (nSPS) is 11.5. The van der Waals surface area contributed by atoms with Gasteiger partial charge >= 0.3 is 11.9 Å². The van der Waals surface area contributed by atoms with Crippen molar-refractivity contribution in [2.24, 2.45) is 0 Å². The fraction of sp³-hybridized carbons (Fsp3) is 0. The fourth-order valence-corrected chi connectivity index (χ4v) is 6.70. The minimum Gasteiger partial charge on any atom is -0.478 e. The molecule has 0 saturated heterocycles. The quantitative estimate of drug-likeness (QED) is 0.132. The third kappa shape index (κ3) is 7.09. The lowest BCUT2D eigenvalue weighted by molar-refractivity contribution is 0.0687. The first-order valence-corrected chi connectivity index (χ1v) is 16.2. The molecule has 0 radical (unpaired) electrons. The number of carbonyl (C=O) groups is 3. The summed E-state index contributed by atoms with van der Waals surface area (Å²) < 4.78 is 55.6. The van der Waals surface area contributed by atoms with Crippen LogP contribution in [0, 0.1) is 0 Å². The molecule has 0 aliphatic heterocycles. The topological polar surface area (TPSA) is 184 Å². The van der Waals surface area contributed by atoms with Crippen molar-refractivity contribution in [3.05, 3.63) is 115 Å². The van der Waals surface area contributed by atoms with Gasteiger partial charge in [-0.3, -0.25) is 14.2 Å². The van der Waals surface area contributed by atoms with Crippen LogP contribution >= 0.6 is 46.4 Å². The zero-order valence-corrected chi connectivity index (χ0v) is 26.2. The van der Waals surface area contributed by atoms with Crippen molar-refractivity contribution in [3.63, 3.8) is 0 Å². The van der Waals surface area contributed by atoms with Gasteiger partial charge in [-0.05, 0) is 72.8 Å². The highest BCUT2D eigenvalue weighted by Crippen LogP contribution is 2.30. The Morgan fingerprint density at radius 2 is 0.886 bits per heavy atom. The van der Waals surface area contributed by atoms with E-state index in [1.54, 1.807) is 0 Å². The first-order valence-electron chi connectivity index (χ1n) is 11.8. The number of carboxylic acids is 2. The molecule has 0 aromatic heterocycles. The fourth-order valence-electron chi connectivity index (χ4n) is 3.76. The predicted molar refractivity (Wildman–Crippen MR) is 165 cm³/mol. The molecule has 0 fully saturated rings. The van der Waals surface area contributed by atoms with E-state index in [0.29, 0.717) is 0 Å². The smallest absolute Gasteiger partial charge is 0.337 e. The maximum atomic E-state index is 13.3. The molecule has 0 aliphatic carbocycles. The molecule has 4 N–H and O–H groups in total. The number of aromatic carboxylic acids is 2. The Morgan fingerprint density at radius 3 is 1.20 bits per heavy atom. The highest BCUT2D eigenvalue weighted by atomic mass is 35.5. The molecule has 228 valence electrons. The average Bonchev–Trinajstić information content (AvgIpc) is 2.95. The van der Waals surface area contributed by atoms with Gasteiger partial charge in [0.2, 0.25) is 0 Å². The van der Waals surface area contributed by atoms with Gasteiger partial charge in [0.1, 0.15) is 0 Å². The van der Waals surface area contributed by atoms with Crippen LogP contribution in [0.25, 0.3) is 0 Å². The lowest BCUT2D eigenvalue weighted by Gasteiger charge is -2.14. The van der Waals surface area contributed by atoms with Crippen molar-refractivity contribution in [2.75, 3.05) is 9.44 Å². The Kier molecular flexibility index (Phi) is 9.49. The van der Waals surface area contributed by atoms with Crippen molar-refractivity contribution in [3.8, 4) is 0 Å². The van der Waals surface area contributed by atoms with Crippen LogP contribution in [0.1, 0.15) is 36.6 Å².